The van der Waals surface area contributed by atoms with Crippen molar-refractivity contribution in [2.75, 3.05) is 30.0 Å². The largest absolute Gasteiger partial charge is 0.376 e. The van der Waals surface area contributed by atoms with Crippen LogP contribution in [0.4, 0.5) is 5.82 Å². The molecule has 7 nitrogen and oxygen atoms in total. The standard InChI is InChI=1S/C14H18N4O3S/c19-22(20)7-2-11(3-8-22)21-6-5-16-14-12-9-15-4-1-13(12)17-10-18-14/h1,4,9-11H,2-3,5-8H2,(H,16,17,18). The maximum absolute atomic E-state index is 11.3. The molecule has 0 unspecified atom stereocenters. The summed E-state index contributed by atoms with van der Waals surface area (Å²) >= 11 is 0. The Morgan fingerprint density at radius 2 is 2.09 bits per heavy atom. The second-order valence-corrected chi connectivity index (χ2v) is 7.57. The zero-order valence-corrected chi connectivity index (χ0v) is 12.9. The summed E-state index contributed by atoms with van der Waals surface area (Å²) in [4.78, 5) is 12.5. The smallest absolute Gasteiger partial charge is 0.150 e. The maximum Gasteiger partial charge on any atom is 0.150 e. The van der Waals surface area contributed by atoms with E-state index in [2.05, 4.69) is 20.3 Å². The van der Waals surface area contributed by atoms with E-state index in [1.165, 1.54) is 6.33 Å². The van der Waals surface area contributed by atoms with Gasteiger partial charge in [-0.1, -0.05) is 0 Å². The monoisotopic (exact) mass is 322 g/mol. The molecule has 0 radical (unpaired) electrons. The number of nitrogens with one attached hydrogen (secondary N) is 1. The van der Waals surface area contributed by atoms with Gasteiger partial charge >= 0.3 is 0 Å². The highest BCUT2D eigenvalue weighted by molar-refractivity contribution is 7.91. The van der Waals surface area contributed by atoms with Crippen LogP contribution >= 0.6 is 0 Å². The van der Waals surface area contributed by atoms with Gasteiger partial charge in [-0.2, -0.15) is 0 Å². The molecule has 2 aromatic heterocycles. The summed E-state index contributed by atoms with van der Waals surface area (Å²) in [6.45, 7) is 1.11. The van der Waals surface area contributed by atoms with Gasteiger partial charge in [-0.05, 0) is 18.9 Å². The van der Waals surface area contributed by atoms with Crippen molar-refractivity contribution in [2.45, 2.75) is 18.9 Å². The fraction of sp³-hybridized carbons (Fsp3) is 0.500. The van der Waals surface area contributed by atoms with E-state index in [9.17, 15) is 8.42 Å². The number of anilines is 1. The predicted octanol–water partition coefficient (Wildman–Crippen LogP) is 1.03. The lowest BCUT2D eigenvalue weighted by atomic mass is 10.2. The highest BCUT2D eigenvalue weighted by Gasteiger charge is 2.23. The van der Waals surface area contributed by atoms with Crippen molar-refractivity contribution in [1.82, 2.24) is 15.0 Å². The third-order valence-electron chi connectivity index (χ3n) is 3.69. The lowest BCUT2D eigenvalue weighted by Crippen LogP contribution is -2.30. The molecule has 0 bridgehead atoms. The van der Waals surface area contributed by atoms with E-state index < -0.39 is 9.84 Å². The summed E-state index contributed by atoms with van der Waals surface area (Å²) in [6, 6.07) is 1.83. The molecule has 0 amide bonds. The fourth-order valence-electron chi connectivity index (χ4n) is 2.47. The van der Waals surface area contributed by atoms with Gasteiger partial charge in [-0.15, -0.1) is 0 Å². The Kier molecular flexibility index (Phi) is 4.49. The Labute approximate surface area is 129 Å². The minimum Gasteiger partial charge on any atom is -0.376 e. The van der Waals surface area contributed by atoms with Crippen molar-refractivity contribution in [1.29, 1.82) is 0 Å². The Balaban J connectivity index is 1.49. The number of sulfone groups is 1. The molecule has 0 spiro atoms. The Morgan fingerprint density at radius 3 is 2.91 bits per heavy atom. The van der Waals surface area contributed by atoms with Crippen molar-refractivity contribution in [2.24, 2.45) is 0 Å². The Bertz CT molecular complexity index is 731. The number of hydrogen-bond donors (Lipinski definition) is 1. The highest BCUT2D eigenvalue weighted by atomic mass is 32.2. The number of pyridine rings is 1. The molecule has 8 heteroatoms. The van der Waals surface area contributed by atoms with E-state index >= 15 is 0 Å². The number of rotatable bonds is 5. The van der Waals surface area contributed by atoms with E-state index in [1.807, 2.05) is 6.07 Å². The first-order valence-corrected chi connectivity index (χ1v) is 9.07. The molecule has 1 aliphatic rings. The van der Waals surface area contributed by atoms with Gasteiger partial charge in [0.05, 0.1) is 35.1 Å². The first-order valence-electron chi connectivity index (χ1n) is 7.25. The first-order chi connectivity index (χ1) is 10.6. The van der Waals surface area contributed by atoms with Crippen molar-refractivity contribution >= 4 is 26.6 Å². The average molecular weight is 322 g/mol. The summed E-state index contributed by atoms with van der Waals surface area (Å²) in [5.74, 6) is 1.19. The van der Waals surface area contributed by atoms with Crippen LogP contribution in [-0.4, -0.2) is 54.1 Å². The topological polar surface area (TPSA) is 94.1 Å². The van der Waals surface area contributed by atoms with E-state index in [0.717, 1.165) is 16.7 Å². The molecule has 118 valence electrons. The summed E-state index contributed by atoms with van der Waals surface area (Å²) in [5.41, 5.74) is 0.839. The summed E-state index contributed by atoms with van der Waals surface area (Å²) in [7, 11) is -2.83. The number of aromatic nitrogens is 3. The fourth-order valence-corrected chi connectivity index (χ4v) is 3.92. The van der Waals surface area contributed by atoms with Crippen LogP contribution in [-0.2, 0) is 14.6 Å². The summed E-state index contributed by atoms with van der Waals surface area (Å²) in [5, 5.41) is 4.08. The second kappa shape index (κ2) is 6.53. The van der Waals surface area contributed by atoms with Gasteiger partial charge in [0.1, 0.15) is 12.1 Å². The molecule has 1 N–H and O–H groups in total. The molecule has 1 aliphatic heterocycles. The van der Waals surface area contributed by atoms with Gasteiger partial charge < -0.3 is 10.1 Å². The first kappa shape index (κ1) is 15.1. The van der Waals surface area contributed by atoms with Crippen LogP contribution in [0.3, 0.4) is 0 Å². The van der Waals surface area contributed by atoms with Gasteiger partial charge in [-0.3, -0.25) is 4.98 Å². The maximum atomic E-state index is 11.3. The normalized spacial score (nSPS) is 18.4. The molecule has 3 rings (SSSR count). The molecule has 3 heterocycles. The highest BCUT2D eigenvalue weighted by Crippen LogP contribution is 2.17. The van der Waals surface area contributed by atoms with Crippen LogP contribution < -0.4 is 5.32 Å². The van der Waals surface area contributed by atoms with Crippen LogP contribution in [0.25, 0.3) is 10.9 Å². The molecular formula is C14H18N4O3S. The number of hydrogen-bond acceptors (Lipinski definition) is 7. The van der Waals surface area contributed by atoms with Crippen LogP contribution in [0.2, 0.25) is 0 Å². The molecule has 0 atom stereocenters. The molecule has 1 saturated heterocycles. The minimum absolute atomic E-state index is 0.0362. The van der Waals surface area contributed by atoms with Crippen LogP contribution in [0, 0.1) is 0 Å². The van der Waals surface area contributed by atoms with Crippen molar-refractivity contribution in [3.8, 4) is 0 Å². The number of nitrogens with zero attached hydrogens (tertiary/aromatic N) is 3. The predicted molar refractivity (Wildman–Crippen MR) is 83.5 cm³/mol. The minimum atomic E-state index is -2.83. The van der Waals surface area contributed by atoms with Crippen molar-refractivity contribution in [3.05, 3.63) is 24.8 Å². The van der Waals surface area contributed by atoms with Crippen LogP contribution in [0.5, 0.6) is 0 Å². The van der Waals surface area contributed by atoms with Gasteiger partial charge in [0, 0.05) is 18.9 Å². The van der Waals surface area contributed by atoms with Crippen LogP contribution in [0.1, 0.15) is 12.8 Å². The van der Waals surface area contributed by atoms with Crippen LogP contribution in [0.15, 0.2) is 24.8 Å². The van der Waals surface area contributed by atoms with E-state index in [1.54, 1.807) is 12.4 Å². The van der Waals surface area contributed by atoms with Gasteiger partial charge in [0.25, 0.3) is 0 Å². The molecular weight excluding hydrogens is 304 g/mol. The lowest BCUT2D eigenvalue weighted by molar-refractivity contribution is 0.0539. The zero-order chi connectivity index (χ0) is 15.4. The van der Waals surface area contributed by atoms with Crippen molar-refractivity contribution in [3.63, 3.8) is 0 Å². The van der Waals surface area contributed by atoms with E-state index in [-0.39, 0.29) is 17.6 Å². The van der Waals surface area contributed by atoms with Crippen molar-refractivity contribution < 1.29 is 13.2 Å². The lowest BCUT2D eigenvalue weighted by Gasteiger charge is -2.22. The SMILES string of the molecule is O=S1(=O)CCC(OCCNc2ncnc3ccncc23)CC1. The number of fused-ring (bicyclic) bond motifs is 1. The number of ether oxygens (including phenoxy) is 1. The van der Waals surface area contributed by atoms with Gasteiger partial charge in [0.2, 0.25) is 0 Å². The van der Waals surface area contributed by atoms with Gasteiger partial charge in [-0.25, -0.2) is 18.4 Å². The molecule has 0 aliphatic carbocycles. The molecule has 22 heavy (non-hydrogen) atoms. The molecule has 0 saturated carbocycles. The molecule has 2 aromatic rings. The third-order valence-corrected chi connectivity index (χ3v) is 5.40. The Hall–Kier alpha value is -1.80. The summed E-state index contributed by atoms with van der Waals surface area (Å²) in [6.07, 6.45) is 6.14. The molecule has 1 fully saturated rings. The van der Waals surface area contributed by atoms with E-state index in [0.29, 0.717) is 26.0 Å². The quantitative estimate of drug-likeness (QED) is 0.822. The third kappa shape index (κ3) is 3.69. The summed E-state index contributed by atoms with van der Waals surface area (Å²) < 4.78 is 28.4. The second-order valence-electron chi connectivity index (χ2n) is 5.26. The average Bonchev–Trinajstić information content (AvgIpc) is 2.53. The van der Waals surface area contributed by atoms with E-state index in [4.69, 9.17) is 4.74 Å². The zero-order valence-electron chi connectivity index (χ0n) is 12.1. The van der Waals surface area contributed by atoms with Gasteiger partial charge in [0.15, 0.2) is 9.84 Å². The Morgan fingerprint density at radius 1 is 1.27 bits per heavy atom. The molecule has 0 aromatic carbocycles.